The normalized spacial score (nSPS) is 13.5. The molecule has 3 heteroatoms. The number of hydrogen-bond acceptors (Lipinski definition) is 3. The number of hydrogen-bond donors (Lipinski definition) is 1. The maximum atomic E-state index is 5.64. The van der Waals surface area contributed by atoms with Gasteiger partial charge in [-0.15, -0.1) is 0 Å². The van der Waals surface area contributed by atoms with Crippen LogP contribution in [0.3, 0.4) is 0 Å². The SMILES string of the molecule is CC(C)C(C)c1cnc(CCCN)o1. The van der Waals surface area contributed by atoms with Gasteiger partial charge >= 0.3 is 0 Å². The number of nitrogens with two attached hydrogens (primary N) is 1. The zero-order chi connectivity index (χ0) is 10.6. The molecular formula is C11H20N2O. The van der Waals surface area contributed by atoms with Gasteiger partial charge in [0.15, 0.2) is 5.89 Å². The first-order valence-corrected chi connectivity index (χ1v) is 5.29. The first kappa shape index (κ1) is 11.2. The number of aryl methyl sites for hydroxylation is 1. The Kier molecular flexibility index (Phi) is 4.14. The van der Waals surface area contributed by atoms with Gasteiger partial charge in [-0.3, -0.25) is 0 Å². The standard InChI is InChI=1S/C11H20N2O/c1-8(2)9(3)10-7-13-11(14-10)5-4-6-12/h7-9H,4-6,12H2,1-3H3. The van der Waals surface area contributed by atoms with Crippen LogP contribution >= 0.6 is 0 Å². The van der Waals surface area contributed by atoms with Gasteiger partial charge in [0.2, 0.25) is 0 Å². The van der Waals surface area contributed by atoms with Crippen LogP contribution in [-0.4, -0.2) is 11.5 Å². The summed E-state index contributed by atoms with van der Waals surface area (Å²) < 4.78 is 5.64. The largest absolute Gasteiger partial charge is 0.445 e. The van der Waals surface area contributed by atoms with Gasteiger partial charge in [-0.05, 0) is 18.9 Å². The highest BCUT2D eigenvalue weighted by atomic mass is 16.4. The van der Waals surface area contributed by atoms with Crippen molar-refractivity contribution in [2.45, 2.75) is 39.5 Å². The summed E-state index contributed by atoms with van der Waals surface area (Å²) in [7, 11) is 0. The summed E-state index contributed by atoms with van der Waals surface area (Å²) in [5, 5.41) is 0. The van der Waals surface area contributed by atoms with Crippen molar-refractivity contribution in [3.8, 4) is 0 Å². The third-order valence-electron chi connectivity index (χ3n) is 2.61. The van der Waals surface area contributed by atoms with Gasteiger partial charge in [0.1, 0.15) is 5.76 Å². The van der Waals surface area contributed by atoms with Crippen molar-refractivity contribution in [2.75, 3.05) is 6.54 Å². The summed E-state index contributed by atoms with van der Waals surface area (Å²) in [6.07, 6.45) is 3.63. The van der Waals surface area contributed by atoms with E-state index in [0.717, 1.165) is 24.5 Å². The molecule has 14 heavy (non-hydrogen) atoms. The molecule has 0 aliphatic carbocycles. The summed E-state index contributed by atoms with van der Waals surface area (Å²) in [5.74, 6) is 2.84. The lowest BCUT2D eigenvalue weighted by Gasteiger charge is -2.10. The molecule has 0 aliphatic heterocycles. The summed E-state index contributed by atoms with van der Waals surface area (Å²) in [5.41, 5.74) is 5.42. The van der Waals surface area contributed by atoms with Crippen molar-refractivity contribution in [3.63, 3.8) is 0 Å². The lowest BCUT2D eigenvalue weighted by Crippen LogP contribution is -2.01. The van der Waals surface area contributed by atoms with Crippen LogP contribution in [-0.2, 0) is 6.42 Å². The molecule has 0 amide bonds. The zero-order valence-corrected chi connectivity index (χ0v) is 9.29. The highest BCUT2D eigenvalue weighted by Gasteiger charge is 2.14. The Morgan fingerprint density at radius 1 is 1.43 bits per heavy atom. The maximum Gasteiger partial charge on any atom is 0.194 e. The van der Waals surface area contributed by atoms with Crippen molar-refractivity contribution >= 4 is 0 Å². The van der Waals surface area contributed by atoms with E-state index in [4.69, 9.17) is 10.2 Å². The summed E-state index contributed by atoms with van der Waals surface area (Å²) >= 11 is 0. The van der Waals surface area contributed by atoms with Crippen molar-refractivity contribution in [3.05, 3.63) is 17.8 Å². The van der Waals surface area contributed by atoms with Gasteiger partial charge in [-0.1, -0.05) is 20.8 Å². The van der Waals surface area contributed by atoms with Crippen LogP contribution in [0.5, 0.6) is 0 Å². The number of nitrogens with zero attached hydrogens (tertiary/aromatic N) is 1. The topological polar surface area (TPSA) is 52.0 Å². The molecule has 1 aromatic heterocycles. The Bertz CT molecular complexity index is 268. The fourth-order valence-corrected chi connectivity index (χ4v) is 1.23. The van der Waals surface area contributed by atoms with Gasteiger partial charge in [0.05, 0.1) is 6.20 Å². The minimum absolute atomic E-state index is 0.439. The van der Waals surface area contributed by atoms with Crippen molar-refractivity contribution < 1.29 is 4.42 Å². The van der Waals surface area contributed by atoms with Crippen LogP contribution in [0.1, 0.15) is 44.8 Å². The fourth-order valence-electron chi connectivity index (χ4n) is 1.23. The molecule has 1 rings (SSSR count). The summed E-state index contributed by atoms with van der Waals surface area (Å²) in [6, 6.07) is 0. The van der Waals surface area contributed by atoms with Crippen LogP contribution in [0.2, 0.25) is 0 Å². The Morgan fingerprint density at radius 2 is 2.14 bits per heavy atom. The predicted molar refractivity (Wildman–Crippen MR) is 57.1 cm³/mol. The first-order valence-electron chi connectivity index (χ1n) is 5.29. The van der Waals surface area contributed by atoms with Crippen molar-refractivity contribution in [2.24, 2.45) is 11.7 Å². The lowest BCUT2D eigenvalue weighted by molar-refractivity contribution is 0.388. The van der Waals surface area contributed by atoms with Gasteiger partial charge in [-0.25, -0.2) is 4.98 Å². The van der Waals surface area contributed by atoms with E-state index in [1.165, 1.54) is 0 Å². The molecule has 0 saturated carbocycles. The molecule has 0 radical (unpaired) electrons. The van der Waals surface area contributed by atoms with E-state index >= 15 is 0 Å². The molecule has 0 spiro atoms. The molecule has 0 fully saturated rings. The molecule has 0 bridgehead atoms. The molecule has 1 heterocycles. The first-order chi connectivity index (χ1) is 6.65. The third-order valence-corrected chi connectivity index (χ3v) is 2.61. The smallest absolute Gasteiger partial charge is 0.194 e. The van der Waals surface area contributed by atoms with Crippen LogP contribution in [0.4, 0.5) is 0 Å². The van der Waals surface area contributed by atoms with E-state index in [0.29, 0.717) is 18.4 Å². The number of rotatable bonds is 5. The Hall–Kier alpha value is -0.830. The van der Waals surface area contributed by atoms with Crippen LogP contribution < -0.4 is 5.73 Å². The molecule has 3 nitrogen and oxygen atoms in total. The van der Waals surface area contributed by atoms with Crippen molar-refractivity contribution in [1.29, 1.82) is 0 Å². The number of oxazole rings is 1. The van der Waals surface area contributed by atoms with Crippen LogP contribution in [0.15, 0.2) is 10.6 Å². The molecule has 0 aliphatic rings. The van der Waals surface area contributed by atoms with E-state index in [1.807, 2.05) is 6.20 Å². The monoisotopic (exact) mass is 196 g/mol. The molecule has 1 unspecified atom stereocenters. The molecule has 1 aromatic rings. The molecule has 80 valence electrons. The van der Waals surface area contributed by atoms with Gasteiger partial charge < -0.3 is 10.2 Å². The Balaban J connectivity index is 2.58. The highest BCUT2D eigenvalue weighted by molar-refractivity contribution is 5.01. The minimum Gasteiger partial charge on any atom is -0.445 e. The van der Waals surface area contributed by atoms with Crippen molar-refractivity contribution in [1.82, 2.24) is 4.98 Å². The molecule has 0 saturated heterocycles. The van der Waals surface area contributed by atoms with E-state index in [-0.39, 0.29) is 0 Å². The minimum atomic E-state index is 0.439. The van der Waals surface area contributed by atoms with Gasteiger partial charge in [-0.2, -0.15) is 0 Å². The van der Waals surface area contributed by atoms with Crippen LogP contribution in [0.25, 0.3) is 0 Å². The molecule has 0 aromatic carbocycles. The predicted octanol–water partition coefficient (Wildman–Crippen LogP) is 2.33. The Morgan fingerprint density at radius 3 is 2.71 bits per heavy atom. The maximum absolute atomic E-state index is 5.64. The fraction of sp³-hybridized carbons (Fsp3) is 0.727. The van der Waals surface area contributed by atoms with Gasteiger partial charge in [0, 0.05) is 12.3 Å². The van der Waals surface area contributed by atoms with E-state index < -0.39 is 0 Å². The zero-order valence-electron chi connectivity index (χ0n) is 9.29. The quantitative estimate of drug-likeness (QED) is 0.786. The highest BCUT2D eigenvalue weighted by Crippen LogP contribution is 2.24. The van der Waals surface area contributed by atoms with Crippen LogP contribution in [0, 0.1) is 5.92 Å². The number of aromatic nitrogens is 1. The summed E-state index contributed by atoms with van der Waals surface area (Å²) in [4.78, 5) is 4.23. The second kappa shape index (κ2) is 5.15. The van der Waals surface area contributed by atoms with E-state index in [1.54, 1.807) is 0 Å². The van der Waals surface area contributed by atoms with Gasteiger partial charge in [0.25, 0.3) is 0 Å². The average Bonchev–Trinajstić information content (AvgIpc) is 2.61. The molecular weight excluding hydrogens is 176 g/mol. The Labute approximate surface area is 85.7 Å². The van der Waals surface area contributed by atoms with E-state index in [9.17, 15) is 0 Å². The lowest BCUT2D eigenvalue weighted by atomic mass is 9.96. The second-order valence-electron chi connectivity index (χ2n) is 4.08. The third kappa shape index (κ3) is 2.84. The molecule has 2 N–H and O–H groups in total. The second-order valence-corrected chi connectivity index (χ2v) is 4.08. The summed E-state index contributed by atoms with van der Waals surface area (Å²) in [6.45, 7) is 7.23. The molecule has 1 atom stereocenters. The average molecular weight is 196 g/mol. The van der Waals surface area contributed by atoms with E-state index in [2.05, 4.69) is 25.8 Å².